The summed E-state index contributed by atoms with van der Waals surface area (Å²) in [6, 6.07) is 0. The molecule has 1 fully saturated rings. The van der Waals surface area contributed by atoms with Crippen molar-refractivity contribution in [2.24, 2.45) is 0 Å². The lowest BCUT2D eigenvalue weighted by atomic mass is 10.2. The van der Waals surface area contributed by atoms with Gasteiger partial charge >= 0.3 is 12.1 Å². The van der Waals surface area contributed by atoms with Crippen molar-refractivity contribution in [2.75, 3.05) is 58.9 Å². The molecule has 1 aliphatic rings. The van der Waals surface area contributed by atoms with Gasteiger partial charge in [0.25, 0.3) is 12.9 Å². The van der Waals surface area contributed by atoms with E-state index in [1.807, 2.05) is 60.3 Å². The van der Waals surface area contributed by atoms with E-state index in [0.717, 1.165) is 0 Å². The Morgan fingerprint density at radius 1 is 0.842 bits per heavy atom. The van der Waals surface area contributed by atoms with Crippen LogP contribution in [0.15, 0.2) is 0 Å². The molecule has 0 saturated carbocycles. The van der Waals surface area contributed by atoms with E-state index < -0.39 is 11.6 Å². The monoisotopic (exact) mass is 550 g/mol. The number of rotatable bonds is 5. The van der Waals surface area contributed by atoms with Gasteiger partial charge in [0, 0.05) is 52.4 Å². The van der Waals surface area contributed by atoms with Crippen molar-refractivity contribution in [2.45, 2.75) is 86.5 Å². The minimum atomic E-state index is -0.812. The average Bonchev–Trinajstić information content (AvgIpc) is 2.75. The third-order valence-corrected chi connectivity index (χ3v) is 4.07. The summed E-state index contributed by atoms with van der Waals surface area (Å²) >= 11 is 0. The van der Waals surface area contributed by atoms with Crippen molar-refractivity contribution >= 4 is 25.0 Å². The summed E-state index contributed by atoms with van der Waals surface area (Å²) in [5, 5.41) is 15.4. The van der Waals surface area contributed by atoms with E-state index in [-0.39, 0.29) is 24.3 Å². The number of ether oxygens (including phenoxy) is 3. The fourth-order valence-electron chi connectivity index (χ4n) is 2.49. The number of nitrogens with one attached hydrogen (secondary N) is 2. The van der Waals surface area contributed by atoms with Crippen LogP contribution in [0.1, 0.15) is 69.2 Å². The molecule has 0 radical (unpaired) electrons. The van der Waals surface area contributed by atoms with Crippen molar-refractivity contribution in [3.8, 4) is 0 Å². The summed E-state index contributed by atoms with van der Waals surface area (Å²) in [6.45, 7) is 24.7. The quantitative estimate of drug-likeness (QED) is 0.342. The molecule has 226 valence electrons. The lowest BCUT2D eigenvalue weighted by Gasteiger charge is -2.28. The summed E-state index contributed by atoms with van der Waals surface area (Å²) in [6.07, 6.45) is -0.270. The smallest absolute Gasteiger partial charge is 0.410 e. The second kappa shape index (κ2) is 23.7. The number of carboxylic acids is 1. The molecule has 1 heterocycles. The highest BCUT2D eigenvalue weighted by atomic mass is 16.6. The molecule has 1 aliphatic heterocycles. The largest absolute Gasteiger partial charge is 0.480 e. The van der Waals surface area contributed by atoms with Crippen LogP contribution in [0.5, 0.6) is 0 Å². The third kappa shape index (κ3) is 31.6. The van der Waals surface area contributed by atoms with E-state index >= 15 is 0 Å². The van der Waals surface area contributed by atoms with E-state index in [0.29, 0.717) is 65.3 Å². The minimum absolute atomic E-state index is 0.0301. The van der Waals surface area contributed by atoms with Crippen LogP contribution in [0, 0.1) is 0 Å². The predicted octanol–water partition coefficient (Wildman–Crippen LogP) is 2.35. The summed E-state index contributed by atoms with van der Waals surface area (Å²) in [5.74, 6) is -0.812. The van der Waals surface area contributed by atoms with Gasteiger partial charge in [0.05, 0.1) is 12.6 Å². The molecule has 0 unspecified atom stereocenters. The molecule has 0 spiro atoms. The second-order valence-electron chi connectivity index (χ2n) is 10.2. The Morgan fingerprint density at radius 3 is 1.55 bits per heavy atom. The van der Waals surface area contributed by atoms with Crippen LogP contribution < -0.4 is 10.6 Å². The molecule has 38 heavy (non-hydrogen) atoms. The van der Waals surface area contributed by atoms with Crippen molar-refractivity contribution in [1.82, 2.24) is 20.4 Å². The van der Waals surface area contributed by atoms with Crippen LogP contribution in [0.4, 0.5) is 4.79 Å². The van der Waals surface area contributed by atoms with Crippen molar-refractivity contribution in [3.63, 3.8) is 0 Å². The molecular formula is C26H54N4O8. The fourth-order valence-corrected chi connectivity index (χ4v) is 2.49. The molecular weight excluding hydrogens is 496 g/mol. The van der Waals surface area contributed by atoms with Crippen molar-refractivity contribution < 1.29 is 38.5 Å². The zero-order valence-corrected chi connectivity index (χ0v) is 25.3. The third-order valence-electron chi connectivity index (χ3n) is 4.07. The highest BCUT2D eigenvalue weighted by Gasteiger charge is 2.22. The Labute approximate surface area is 229 Å². The second-order valence-corrected chi connectivity index (χ2v) is 10.2. The summed E-state index contributed by atoms with van der Waals surface area (Å²) in [7, 11) is 0. The zero-order valence-electron chi connectivity index (χ0n) is 25.3. The van der Waals surface area contributed by atoms with Gasteiger partial charge in [0.1, 0.15) is 11.2 Å². The lowest BCUT2D eigenvalue weighted by Crippen LogP contribution is -2.47. The van der Waals surface area contributed by atoms with Gasteiger partial charge < -0.3 is 34.9 Å². The highest BCUT2D eigenvalue weighted by Crippen LogP contribution is 2.09. The first kappa shape index (κ1) is 40.1. The van der Waals surface area contributed by atoms with Crippen molar-refractivity contribution in [1.29, 1.82) is 0 Å². The lowest BCUT2D eigenvalue weighted by molar-refractivity contribution is -0.139. The van der Waals surface area contributed by atoms with Gasteiger partial charge in [0.15, 0.2) is 0 Å². The maximum absolute atomic E-state index is 12.2. The number of hydrogen-bond donors (Lipinski definition) is 3. The first-order valence-corrected chi connectivity index (χ1v) is 13.1. The van der Waals surface area contributed by atoms with Gasteiger partial charge in [-0.05, 0) is 55.4 Å². The standard InChI is InChI=1S/C15H30N4O4.C5H10O2.C4H8O2.C2H6/c1-15(2,3)23-14(22)19-10-6-16-4-8-18(12-13(20)21)9-5-17-7-11-19;1-5(2,3)7-4-6;1-4(2)6-3-5;1-2/h16-17H,4-12H2,1-3H3,(H,20,21);4H,1-3H3;3-4H,1-2H3;1-2H3. The number of hydrogen-bond acceptors (Lipinski definition) is 10. The maximum Gasteiger partial charge on any atom is 0.410 e. The van der Waals surface area contributed by atoms with E-state index in [4.69, 9.17) is 9.84 Å². The molecule has 0 aromatic rings. The van der Waals surface area contributed by atoms with Crippen LogP contribution in [0.3, 0.4) is 0 Å². The van der Waals surface area contributed by atoms with Gasteiger partial charge in [-0.2, -0.15) is 0 Å². The molecule has 0 aromatic heterocycles. The Morgan fingerprint density at radius 2 is 1.29 bits per heavy atom. The molecule has 1 amide bonds. The van der Waals surface area contributed by atoms with E-state index in [1.54, 1.807) is 18.7 Å². The minimum Gasteiger partial charge on any atom is -0.480 e. The normalized spacial score (nSPS) is 15.3. The van der Waals surface area contributed by atoms with Crippen LogP contribution in [-0.2, 0) is 28.6 Å². The van der Waals surface area contributed by atoms with Crippen LogP contribution >= 0.6 is 0 Å². The number of carbonyl (C=O) groups excluding carboxylic acids is 3. The first-order valence-electron chi connectivity index (χ1n) is 13.1. The topological polar surface area (TPSA) is 147 Å². The van der Waals surface area contributed by atoms with E-state index in [2.05, 4.69) is 20.1 Å². The van der Waals surface area contributed by atoms with Gasteiger partial charge in [-0.25, -0.2) is 4.79 Å². The van der Waals surface area contributed by atoms with Gasteiger partial charge in [-0.3, -0.25) is 19.3 Å². The SMILES string of the molecule is CC.CC(C)(C)OC(=O)N1CCNCCN(CC(=O)O)CCNCC1.CC(C)(C)OC=O.CC(C)OC=O. The molecule has 12 nitrogen and oxygen atoms in total. The predicted molar refractivity (Wildman–Crippen MR) is 148 cm³/mol. The molecule has 0 aromatic carbocycles. The zero-order chi connectivity index (χ0) is 30.2. The highest BCUT2D eigenvalue weighted by molar-refractivity contribution is 5.69. The van der Waals surface area contributed by atoms with Gasteiger partial charge in [-0.1, -0.05) is 13.8 Å². The Kier molecular flexibility index (Phi) is 24.9. The molecule has 0 atom stereocenters. The summed E-state index contributed by atoms with van der Waals surface area (Å²) in [4.78, 5) is 45.6. The number of carboxylic acid groups (broad SMARTS) is 1. The van der Waals surface area contributed by atoms with Crippen LogP contribution in [0.25, 0.3) is 0 Å². The first-order chi connectivity index (χ1) is 17.6. The van der Waals surface area contributed by atoms with E-state index in [1.165, 1.54) is 0 Å². The number of amides is 1. The number of nitrogens with zero attached hydrogens (tertiary/aromatic N) is 2. The molecule has 0 bridgehead atoms. The van der Waals surface area contributed by atoms with Crippen LogP contribution in [-0.4, -0.2) is 116 Å². The van der Waals surface area contributed by atoms with Gasteiger partial charge in [0.2, 0.25) is 0 Å². The molecule has 12 heteroatoms. The summed E-state index contributed by atoms with van der Waals surface area (Å²) in [5.41, 5.74) is -0.819. The van der Waals surface area contributed by atoms with Gasteiger partial charge in [-0.15, -0.1) is 0 Å². The maximum atomic E-state index is 12.2. The average molecular weight is 551 g/mol. The summed E-state index contributed by atoms with van der Waals surface area (Å²) < 4.78 is 14.3. The van der Waals surface area contributed by atoms with Crippen molar-refractivity contribution in [3.05, 3.63) is 0 Å². The molecule has 1 saturated heterocycles. The molecule has 1 rings (SSSR count). The Balaban J connectivity index is -0.000000669. The fraction of sp³-hybridized carbons (Fsp3) is 0.846. The van der Waals surface area contributed by atoms with Crippen LogP contribution in [0.2, 0.25) is 0 Å². The molecule has 0 aliphatic carbocycles. The van der Waals surface area contributed by atoms with E-state index in [9.17, 15) is 19.2 Å². The Bertz CT molecular complexity index is 605. The Hall–Kier alpha value is -2.44. The number of carbonyl (C=O) groups is 4. The number of aliphatic carboxylic acids is 1. The molecule has 3 N–H and O–H groups in total.